The second-order valence-corrected chi connectivity index (χ2v) is 6.22. The molecule has 2 aromatic rings. The Kier molecular flexibility index (Phi) is 6.25. The molecule has 2 rings (SSSR count). The molecule has 0 spiro atoms. The van der Waals surface area contributed by atoms with E-state index in [0.29, 0.717) is 11.4 Å². The Bertz CT molecular complexity index is 818. The lowest BCUT2D eigenvalue weighted by atomic mass is 10.1. The monoisotopic (exact) mass is 355 g/mol. The smallest absolute Gasteiger partial charge is 0.230 e. The Morgan fingerprint density at radius 3 is 2.40 bits per heavy atom. The number of rotatable bonds is 4. The van der Waals surface area contributed by atoms with E-state index >= 15 is 0 Å². The van der Waals surface area contributed by atoms with E-state index < -0.39 is 0 Å². The SMILES string of the molecule is CC(=O)Nc1cc(NC(=S)NC(=O)Cc2ccccc2C)ccc1C. The summed E-state index contributed by atoms with van der Waals surface area (Å²) in [5, 5.41) is 8.61. The van der Waals surface area contributed by atoms with Gasteiger partial charge in [-0.2, -0.15) is 0 Å². The zero-order chi connectivity index (χ0) is 18.4. The van der Waals surface area contributed by atoms with E-state index in [4.69, 9.17) is 12.2 Å². The maximum atomic E-state index is 12.1. The molecule has 0 heterocycles. The van der Waals surface area contributed by atoms with E-state index in [1.807, 2.05) is 50.2 Å². The van der Waals surface area contributed by atoms with Crippen molar-refractivity contribution in [1.29, 1.82) is 0 Å². The van der Waals surface area contributed by atoms with E-state index in [-0.39, 0.29) is 23.3 Å². The molecule has 0 aromatic heterocycles. The molecule has 0 atom stereocenters. The molecule has 0 radical (unpaired) electrons. The Hall–Kier alpha value is -2.73. The van der Waals surface area contributed by atoms with Crippen LogP contribution in [0.4, 0.5) is 11.4 Å². The van der Waals surface area contributed by atoms with Gasteiger partial charge in [-0.25, -0.2) is 0 Å². The van der Waals surface area contributed by atoms with Crippen LogP contribution in [0.3, 0.4) is 0 Å². The van der Waals surface area contributed by atoms with Gasteiger partial charge in [0.25, 0.3) is 0 Å². The third-order valence-electron chi connectivity index (χ3n) is 3.67. The normalized spacial score (nSPS) is 10.0. The average Bonchev–Trinajstić information content (AvgIpc) is 2.52. The van der Waals surface area contributed by atoms with Gasteiger partial charge in [0, 0.05) is 18.3 Å². The molecule has 0 bridgehead atoms. The molecule has 0 aliphatic rings. The van der Waals surface area contributed by atoms with Gasteiger partial charge in [0.1, 0.15) is 0 Å². The van der Waals surface area contributed by atoms with Crippen LogP contribution < -0.4 is 16.0 Å². The minimum Gasteiger partial charge on any atom is -0.332 e. The number of carbonyl (C=O) groups is 2. The summed E-state index contributed by atoms with van der Waals surface area (Å²) in [5.74, 6) is -0.324. The number of carbonyl (C=O) groups excluding carboxylic acids is 2. The molecule has 0 saturated heterocycles. The minimum atomic E-state index is -0.180. The first-order valence-electron chi connectivity index (χ1n) is 7.88. The quantitative estimate of drug-likeness (QED) is 0.736. The van der Waals surface area contributed by atoms with E-state index in [1.165, 1.54) is 6.92 Å². The van der Waals surface area contributed by atoms with Gasteiger partial charge in [0.15, 0.2) is 5.11 Å². The summed E-state index contributed by atoms with van der Waals surface area (Å²) in [6.45, 7) is 5.32. The van der Waals surface area contributed by atoms with Gasteiger partial charge in [-0.1, -0.05) is 30.3 Å². The van der Waals surface area contributed by atoms with Crippen LogP contribution in [0.2, 0.25) is 0 Å². The fraction of sp³-hybridized carbons (Fsp3) is 0.211. The summed E-state index contributed by atoms with van der Waals surface area (Å²) in [6.07, 6.45) is 0.263. The molecule has 25 heavy (non-hydrogen) atoms. The van der Waals surface area contributed by atoms with Crippen molar-refractivity contribution in [2.24, 2.45) is 0 Å². The second-order valence-electron chi connectivity index (χ2n) is 5.82. The zero-order valence-corrected chi connectivity index (χ0v) is 15.3. The number of aryl methyl sites for hydroxylation is 2. The van der Waals surface area contributed by atoms with E-state index in [0.717, 1.165) is 16.7 Å². The van der Waals surface area contributed by atoms with Gasteiger partial charge in [0.05, 0.1) is 6.42 Å². The summed E-state index contributed by atoms with van der Waals surface area (Å²) in [7, 11) is 0. The number of hydrogen-bond acceptors (Lipinski definition) is 3. The molecule has 6 heteroatoms. The van der Waals surface area contributed by atoms with Crippen LogP contribution in [0.25, 0.3) is 0 Å². The van der Waals surface area contributed by atoms with Crippen molar-refractivity contribution in [2.75, 3.05) is 10.6 Å². The predicted molar refractivity (Wildman–Crippen MR) is 105 cm³/mol. The van der Waals surface area contributed by atoms with Crippen LogP contribution in [0.15, 0.2) is 42.5 Å². The van der Waals surface area contributed by atoms with Crippen LogP contribution in [0, 0.1) is 13.8 Å². The summed E-state index contributed by atoms with van der Waals surface area (Å²) in [6, 6.07) is 13.2. The van der Waals surface area contributed by atoms with Crippen molar-refractivity contribution in [2.45, 2.75) is 27.2 Å². The molecular formula is C19H21N3O2S. The third-order valence-corrected chi connectivity index (χ3v) is 3.88. The molecule has 0 fully saturated rings. The van der Waals surface area contributed by atoms with E-state index in [2.05, 4.69) is 16.0 Å². The third kappa shape index (κ3) is 5.69. The van der Waals surface area contributed by atoms with Gasteiger partial charge in [-0.05, 0) is 54.9 Å². The summed E-state index contributed by atoms with van der Waals surface area (Å²) < 4.78 is 0. The summed E-state index contributed by atoms with van der Waals surface area (Å²) in [5.41, 5.74) is 4.36. The maximum absolute atomic E-state index is 12.1. The number of amides is 2. The molecule has 5 nitrogen and oxygen atoms in total. The standard InChI is InChI=1S/C19H21N3O2S/c1-12-6-4-5-7-15(12)10-18(24)22-19(25)21-16-9-8-13(2)17(11-16)20-14(3)23/h4-9,11H,10H2,1-3H3,(H,20,23)(H2,21,22,24,25). The topological polar surface area (TPSA) is 70.2 Å². The minimum absolute atomic E-state index is 0.144. The molecule has 0 aliphatic carbocycles. The number of anilines is 2. The highest BCUT2D eigenvalue weighted by Crippen LogP contribution is 2.20. The number of nitrogens with one attached hydrogen (secondary N) is 3. The van der Waals surface area contributed by atoms with Gasteiger partial charge in [-0.3, -0.25) is 9.59 Å². The van der Waals surface area contributed by atoms with Crippen molar-refractivity contribution in [1.82, 2.24) is 5.32 Å². The molecule has 0 saturated carbocycles. The Balaban J connectivity index is 1.97. The Morgan fingerprint density at radius 1 is 1.00 bits per heavy atom. The molecule has 130 valence electrons. The summed E-state index contributed by atoms with van der Waals surface area (Å²) in [4.78, 5) is 23.4. The first-order chi connectivity index (χ1) is 11.8. The highest BCUT2D eigenvalue weighted by molar-refractivity contribution is 7.80. The van der Waals surface area contributed by atoms with Gasteiger partial charge in [0.2, 0.25) is 11.8 Å². The lowest BCUT2D eigenvalue weighted by molar-refractivity contribution is -0.119. The first kappa shape index (κ1) is 18.6. The lowest BCUT2D eigenvalue weighted by Crippen LogP contribution is -2.35. The van der Waals surface area contributed by atoms with Crippen LogP contribution in [-0.2, 0) is 16.0 Å². The molecule has 0 aliphatic heterocycles. The highest BCUT2D eigenvalue weighted by atomic mass is 32.1. The number of hydrogen-bond donors (Lipinski definition) is 3. The lowest BCUT2D eigenvalue weighted by Gasteiger charge is -2.13. The molecule has 2 amide bonds. The molecular weight excluding hydrogens is 334 g/mol. The Labute approximate surface area is 152 Å². The van der Waals surface area contributed by atoms with Crippen molar-refractivity contribution in [3.8, 4) is 0 Å². The fourth-order valence-corrected chi connectivity index (χ4v) is 2.57. The molecule has 2 aromatic carbocycles. The van der Waals surface area contributed by atoms with E-state index in [9.17, 15) is 9.59 Å². The van der Waals surface area contributed by atoms with Gasteiger partial charge in [-0.15, -0.1) is 0 Å². The van der Waals surface area contributed by atoms with Gasteiger partial charge < -0.3 is 16.0 Å². The predicted octanol–water partition coefficient (Wildman–Crippen LogP) is 3.32. The van der Waals surface area contributed by atoms with Crippen LogP contribution in [0.1, 0.15) is 23.6 Å². The largest absolute Gasteiger partial charge is 0.332 e. The Morgan fingerprint density at radius 2 is 1.72 bits per heavy atom. The van der Waals surface area contributed by atoms with Gasteiger partial charge >= 0.3 is 0 Å². The zero-order valence-electron chi connectivity index (χ0n) is 14.5. The van der Waals surface area contributed by atoms with Crippen molar-refractivity contribution >= 4 is 40.5 Å². The maximum Gasteiger partial charge on any atom is 0.230 e. The summed E-state index contributed by atoms with van der Waals surface area (Å²) >= 11 is 5.19. The molecule has 3 N–H and O–H groups in total. The first-order valence-corrected chi connectivity index (χ1v) is 8.29. The van der Waals surface area contributed by atoms with Crippen LogP contribution in [0.5, 0.6) is 0 Å². The van der Waals surface area contributed by atoms with Crippen LogP contribution >= 0.6 is 12.2 Å². The van der Waals surface area contributed by atoms with E-state index in [1.54, 1.807) is 6.07 Å². The number of thiocarbonyl (C=S) groups is 1. The fourth-order valence-electron chi connectivity index (χ4n) is 2.34. The average molecular weight is 355 g/mol. The van der Waals surface area contributed by atoms with Crippen LogP contribution in [-0.4, -0.2) is 16.9 Å². The van der Waals surface area contributed by atoms with Crippen molar-refractivity contribution in [3.05, 3.63) is 59.2 Å². The number of benzene rings is 2. The van der Waals surface area contributed by atoms with Crippen molar-refractivity contribution < 1.29 is 9.59 Å². The van der Waals surface area contributed by atoms with Crippen molar-refractivity contribution in [3.63, 3.8) is 0 Å². The molecule has 0 unspecified atom stereocenters. The second kappa shape index (κ2) is 8.39. The highest BCUT2D eigenvalue weighted by Gasteiger charge is 2.09.